The maximum Gasteiger partial charge on any atom is 0.338 e. The molecule has 0 aliphatic carbocycles. The van der Waals surface area contributed by atoms with Crippen molar-refractivity contribution in [2.45, 2.75) is 18.8 Å². The molecule has 0 saturated carbocycles. The average Bonchev–Trinajstić information content (AvgIpc) is 3.25. The van der Waals surface area contributed by atoms with Crippen molar-refractivity contribution < 1.29 is 19.1 Å². The van der Waals surface area contributed by atoms with Crippen molar-refractivity contribution in [3.8, 4) is 23.5 Å². The summed E-state index contributed by atoms with van der Waals surface area (Å²) in [5.41, 5.74) is 2.53. The molecule has 0 radical (unpaired) electrons. The van der Waals surface area contributed by atoms with Crippen LogP contribution in [0.15, 0.2) is 90.8 Å². The Bertz CT molecular complexity index is 1160. The predicted molar refractivity (Wildman–Crippen MR) is 121 cm³/mol. The zero-order valence-electron chi connectivity index (χ0n) is 17.6. The highest BCUT2D eigenvalue weighted by molar-refractivity contribution is 5.90. The van der Waals surface area contributed by atoms with E-state index in [9.17, 15) is 9.59 Å². The van der Waals surface area contributed by atoms with E-state index in [2.05, 4.69) is 17.8 Å². The third kappa shape index (κ3) is 4.20. The monoisotopic (exact) mass is 426 g/mol. The van der Waals surface area contributed by atoms with Crippen molar-refractivity contribution in [3.63, 3.8) is 0 Å². The normalized spacial score (nSPS) is 22.2. The quantitative estimate of drug-likeness (QED) is 0.441. The highest BCUT2D eigenvalue weighted by Crippen LogP contribution is 2.28. The third-order valence-electron chi connectivity index (χ3n) is 5.33. The summed E-state index contributed by atoms with van der Waals surface area (Å²) in [6.45, 7) is 5.42. The van der Waals surface area contributed by atoms with E-state index < -0.39 is 17.8 Å². The van der Waals surface area contributed by atoms with E-state index in [4.69, 9.17) is 15.9 Å². The van der Waals surface area contributed by atoms with Gasteiger partial charge in [-0.15, -0.1) is 6.42 Å². The number of carbonyl (C=O) groups is 2. The molecule has 0 spiro atoms. The Labute approximate surface area is 186 Å². The Hall–Kier alpha value is -4.08. The van der Waals surface area contributed by atoms with Crippen LogP contribution in [0.2, 0.25) is 0 Å². The number of benzene rings is 2. The summed E-state index contributed by atoms with van der Waals surface area (Å²) in [4.78, 5) is 26.2. The van der Waals surface area contributed by atoms with E-state index in [1.165, 1.54) is 4.90 Å². The van der Waals surface area contributed by atoms with Gasteiger partial charge in [0.2, 0.25) is 0 Å². The van der Waals surface area contributed by atoms with Gasteiger partial charge in [-0.25, -0.2) is 9.59 Å². The number of hydrogen-bond acceptors (Lipinski definition) is 4. The number of nitrogens with one attached hydrogen (secondary N) is 1. The summed E-state index contributed by atoms with van der Waals surface area (Å²) in [6, 6.07) is 16.6. The van der Waals surface area contributed by atoms with Crippen molar-refractivity contribution in [1.82, 2.24) is 10.2 Å². The largest absolute Gasteiger partial charge is 0.458 e. The first-order chi connectivity index (χ1) is 15.4. The molecule has 32 heavy (non-hydrogen) atoms. The van der Waals surface area contributed by atoms with Crippen molar-refractivity contribution >= 4 is 12.0 Å². The molecule has 2 atom stereocenters. The number of nitrogens with zero attached hydrogens (tertiary/aromatic N) is 1. The number of amides is 2. The molecule has 2 aromatic carbocycles. The van der Waals surface area contributed by atoms with E-state index in [0.717, 1.165) is 16.7 Å². The molecule has 6 heteroatoms. The number of terminal acetylenes is 1. The molecule has 0 unspecified atom stereocenters. The van der Waals surface area contributed by atoms with Gasteiger partial charge in [-0.05, 0) is 47.9 Å². The summed E-state index contributed by atoms with van der Waals surface area (Å²) in [7, 11) is 0. The van der Waals surface area contributed by atoms with Crippen LogP contribution in [0, 0.1) is 12.3 Å². The number of hydrogen-bond donors (Lipinski definition) is 1. The Morgan fingerprint density at radius 2 is 1.91 bits per heavy atom. The van der Waals surface area contributed by atoms with Gasteiger partial charge in [0.05, 0.1) is 5.56 Å². The summed E-state index contributed by atoms with van der Waals surface area (Å²) >= 11 is 0. The van der Waals surface area contributed by atoms with E-state index >= 15 is 0 Å². The number of ether oxygens (including phenoxy) is 2. The topological polar surface area (TPSA) is 67.9 Å². The summed E-state index contributed by atoms with van der Waals surface area (Å²) < 4.78 is 11.4. The minimum atomic E-state index is -1.26. The van der Waals surface area contributed by atoms with Crippen LogP contribution in [0.5, 0.6) is 0 Å². The SMILES string of the molecule is C#C[C@@]1(COC(=O)c2ccc(-c3ccccc3)cc2)C=C[C@H](N2C=C(C)C(=C)NC2=O)O1. The smallest absolute Gasteiger partial charge is 0.338 e. The molecule has 160 valence electrons. The van der Waals surface area contributed by atoms with Crippen molar-refractivity contribution in [2.24, 2.45) is 0 Å². The van der Waals surface area contributed by atoms with Gasteiger partial charge in [0.25, 0.3) is 0 Å². The second-order valence-electron chi connectivity index (χ2n) is 7.55. The van der Waals surface area contributed by atoms with Gasteiger partial charge in [-0.3, -0.25) is 4.90 Å². The standard InChI is InChI=1S/C26H22N2O4/c1-4-26(15-14-23(32-26)28-16-18(2)19(3)27-25(28)30)17-31-24(29)22-12-10-21(11-13-22)20-8-6-5-7-9-20/h1,5-16,23H,3,17H2,2H3,(H,27,30)/t23-,26+/m1/s1. The lowest BCUT2D eigenvalue weighted by Gasteiger charge is -2.32. The lowest BCUT2D eigenvalue weighted by Crippen LogP contribution is -2.47. The van der Waals surface area contributed by atoms with Gasteiger partial charge in [0.1, 0.15) is 6.61 Å². The van der Waals surface area contributed by atoms with E-state index in [-0.39, 0.29) is 12.6 Å². The Kier molecular flexibility index (Phi) is 5.67. The zero-order valence-corrected chi connectivity index (χ0v) is 17.6. The fourth-order valence-corrected chi connectivity index (χ4v) is 3.40. The van der Waals surface area contributed by atoms with Gasteiger partial charge < -0.3 is 14.8 Å². The van der Waals surface area contributed by atoms with Crippen molar-refractivity contribution in [3.05, 3.63) is 96.4 Å². The minimum absolute atomic E-state index is 0.180. The molecule has 2 aliphatic rings. The molecular formula is C26H22N2O4. The number of allylic oxidation sites excluding steroid dienone is 1. The Morgan fingerprint density at radius 3 is 2.59 bits per heavy atom. The molecule has 0 aromatic heterocycles. The lowest BCUT2D eigenvalue weighted by molar-refractivity contribution is -0.0647. The molecule has 2 aromatic rings. The first kappa shape index (κ1) is 21.2. The molecule has 2 heterocycles. The molecule has 6 nitrogen and oxygen atoms in total. The first-order valence-electron chi connectivity index (χ1n) is 10.1. The van der Waals surface area contributed by atoms with Gasteiger partial charge >= 0.3 is 12.0 Å². The van der Waals surface area contributed by atoms with Crippen LogP contribution >= 0.6 is 0 Å². The maximum absolute atomic E-state index is 12.6. The van der Waals surface area contributed by atoms with Gasteiger partial charge in [-0.2, -0.15) is 0 Å². The predicted octanol–water partition coefficient (Wildman–Crippen LogP) is 4.24. The minimum Gasteiger partial charge on any atom is -0.458 e. The molecule has 2 aliphatic heterocycles. The molecule has 2 amide bonds. The highest BCUT2D eigenvalue weighted by atomic mass is 16.6. The zero-order chi connectivity index (χ0) is 22.7. The molecule has 1 N–H and O–H groups in total. The van der Waals surface area contributed by atoms with Crippen molar-refractivity contribution in [2.75, 3.05) is 6.61 Å². The number of rotatable bonds is 5. The fourth-order valence-electron chi connectivity index (χ4n) is 3.40. The van der Waals surface area contributed by atoms with Crippen LogP contribution in [-0.4, -0.2) is 35.3 Å². The maximum atomic E-state index is 12.6. The van der Waals surface area contributed by atoms with E-state index in [1.54, 1.807) is 30.5 Å². The van der Waals surface area contributed by atoms with Gasteiger partial charge in [-0.1, -0.05) is 55.0 Å². The van der Waals surface area contributed by atoms with Gasteiger partial charge in [0.15, 0.2) is 11.8 Å². The van der Waals surface area contributed by atoms with Crippen LogP contribution < -0.4 is 5.32 Å². The average molecular weight is 426 g/mol. The van der Waals surface area contributed by atoms with Crippen LogP contribution in [0.3, 0.4) is 0 Å². The van der Waals surface area contributed by atoms with Crippen LogP contribution in [-0.2, 0) is 9.47 Å². The second-order valence-corrected chi connectivity index (χ2v) is 7.55. The molecule has 0 saturated heterocycles. The van der Waals surface area contributed by atoms with E-state index in [0.29, 0.717) is 11.3 Å². The number of esters is 1. The van der Waals surface area contributed by atoms with Gasteiger partial charge in [0, 0.05) is 11.9 Å². The highest BCUT2D eigenvalue weighted by Gasteiger charge is 2.40. The van der Waals surface area contributed by atoms with Crippen LogP contribution in [0.4, 0.5) is 4.79 Å². The molecule has 0 fully saturated rings. The lowest BCUT2D eigenvalue weighted by atomic mass is 10.0. The van der Waals surface area contributed by atoms with Crippen LogP contribution in [0.25, 0.3) is 11.1 Å². The second kappa shape index (κ2) is 8.58. The Morgan fingerprint density at radius 1 is 1.22 bits per heavy atom. The first-order valence-corrected chi connectivity index (χ1v) is 10.1. The van der Waals surface area contributed by atoms with Crippen molar-refractivity contribution in [1.29, 1.82) is 0 Å². The summed E-state index contributed by atoms with van der Waals surface area (Å²) in [6.07, 6.45) is 9.90. The Balaban J connectivity index is 1.40. The molecule has 4 rings (SSSR count). The molecular weight excluding hydrogens is 404 g/mol. The number of carbonyl (C=O) groups excluding carboxylic acids is 2. The van der Waals surface area contributed by atoms with E-state index in [1.807, 2.05) is 49.4 Å². The van der Waals surface area contributed by atoms with Crippen LogP contribution in [0.1, 0.15) is 17.3 Å². The fraction of sp³-hybridized carbons (Fsp3) is 0.154. The third-order valence-corrected chi connectivity index (χ3v) is 5.33. The number of urea groups is 1. The summed E-state index contributed by atoms with van der Waals surface area (Å²) in [5, 5.41) is 2.66. The molecule has 0 bridgehead atoms. The summed E-state index contributed by atoms with van der Waals surface area (Å²) in [5.74, 6) is 2.02.